The number of hydrogen-bond acceptors (Lipinski definition) is 4. The number of benzene rings is 2. The van der Waals surface area contributed by atoms with Gasteiger partial charge in [0.15, 0.2) is 11.5 Å². The van der Waals surface area contributed by atoms with Crippen LogP contribution in [0.3, 0.4) is 0 Å². The maximum Gasteiger partial charge on any atom is 0.317 e. The van der Waals surface area contributed by atoms with Gasteiger partial charge in [-0.3, -0.25) is 4.90 Å². The number of nitrogens with one attached hydrogen (secondary N) is 1. The number of ether oxygens (including phenoxy) is 2. The Hall–Kier alpha value is -2.44. The third-order valence-corrected chi connectivity index (χ3v) is 5.53. The summed E-state index contributed by atoms with van der Waals surface area (Å²) in [5, 5.41) is 3.50. The van der Waals surface area contributed by atoms with Crippen LogP contribution in [0.5, 0.6) is 11.5 Å². The summed E-state index contributed by atoms with van der Waals surface area (Å²) in [6.45, 7) is 7.63. The molecule has 4 rings (SSSR count). The zero-order valence-corrected chi connectivity index (χ0v) is 17.4. The highest BCUT2D eigenvalue weighted by Crippen LogP contribution is 2.38. The van der Waals surface area contributed by atoms with Crippen LogP contribution in [0.25, 0.3) is 0 Å². The lowest BCUT2D eigenvalue weighted by molar-refractivity contribution is 0.135. The summed E-state index contributed by atoms with van der Waals surface area (Å²) in [4.78, 5) is 16.8. The predicted octanol–water partition coefficient (Wildman–Crippen LogP) is 3.45. The first-order valence-electron chi connectivity index (χ1n) is 9.97. The van der Waals surface area contributed by atoms with Gasteiger partial charge in [-0.2, -0.15) is 0 Å². The number of piperazine rings is 1. The standard InChI is InChI=1S/C22H26ClN3O3/c1-16-3-2-4-17(11-16)15-25-5-7-26(8-6-25)22(27)24-14-18-12-19(23)21-20(13-18)28-9-10-29-21/h2-4,11-13H,5-10,14-15H2,1H3,(H,24,27). The molecule has 0 unspecified atom stereocenters. The average molecular weight is 416 g/mol. The minimum Gasteiger partial charge on any atom is -0.486 e. The van der Waals surface area contributed by atoms with E-state index in [1.54, 1.807) is 0 Å². The number of carbonyl (C=O) groups excluding carboxylic acids is 1. The van der Waals surface area contributed by atoms with Crippen LogP contribution >= 0.6 is 11.6 Å². The van der Waals surface area contributed by atoms with E-state index in [1.165, 1.54) is 11.1 Å². The fraction of sp³-hybridized carbons (Fsp3) is 0.409. The first-order valence-corrected chi connectivity index (χ1v) is 10.3. The topological polar surface area (TPSA) is 54.0 Å². The van der Waals surface area contributed by atoms with Crippen molar-refractivity contribution in [3.05, 3.63) is 58.1 Å². The van der Waals surface area contributed by atoms with Crippen LogP contribution in [0, 0.1) is 6.92 Å². The minimum absolute atomic E-state index is 0.0498. The number of halogens is 1. The van der Waals surface area contributed by atoms with Gasteiger partial charge < -0.3 is 19.7 Å². The predicted molar refractivity (Wildman–Crippen MR) is 113 cm³/mol. The van der Waals surface area contributed by atoms with Gasteiger partial charge in [0.1, 0.15) is 13.2 Å². The molecule has 0 aliphatic carbocycles. The average Bonchev–Trinajstić information content (AvgIpc) is 2.73. The molecule has 1 fully saturated rings. The molecule has 6 nitrogen and oxygen atoms in total. The van der Waals surface area contributed by atoms with Crippen molar-refractivity contribution in [1.82, 2.24) is 15.1 Å². The molecule has 0 atom stereocenters. The molecule has 7 heteroatoms. The Bertz CT molecular complexity index is 882. The molecule has 2 aliphatic heterocycles. The molecule has 29 heavy (non-hydrogen) atoms. The van der Waals surface area contributed by atoms with Crippen molar-refractivity contribution in [3.8, 4) is 11.5 Å². The van der Waals surface area contributed by atoms with Crippen LogP contribution in [0.1, 0.15) is 16.7 Å². The first kappa shape index (κ1) is 19.9. The second-order valence-electron chi connectivity index (χ2n) is 7.51. The number of nitrogens with zero attached hydrogens (tertiary/aromatic N) is 2. The van der Waals surface area contributed by atoms with Gasteiger partial charge in [0.2, 0.25) is 0 Å². The van der Waals surface area contributed by atoms with Gasteiger partial charge >= 0.3 is 6.03 Å². The van der Waals surface area contributed by atoms with Gasteiger partial charge in [0.25, 0.3) is 0 Å². The fourth-order valence-electron chi connectivity index (χ4n) is 3.73. The number of amides is 2. The molecule has 2 heterocycles. The zero-order valence-electron chi connectivity index (χ0n) is 16.6. The van der Waals surface area contributed by atoms with E-state index in [9.17, 15) is 4.79 Å². The molecule has 1 N–H and O–H groups in total. The maximum absolute atomic E-state index is 12.6. The highest BCUT2D eigenvalue weighted by molar-refractivity contribution is 6.32. The van der Waals surface area contributed by atoms with Crippen molar-refractivity contribution in [2.24, 2.45) is 0 Å². The van der Waals surface area contributed by atoms with Crippen LogP contribution in [-0.4, -0.2) is 55.2 Å². The lowest BCUT2D eigenvalue weighted by Crippen LogP contribution is -2.51. The first-order chi connectivity index (χ1) is 14.1. The number of rotatable bonds is 4. The van der Waals surface area contributed by atoms with E-state index in [0.717, 1.165) is 38.3 Å². The monoisotopic (exact) mass is 415 g/mol. The summed E-state index contributed by atoms with van der Waals surface area (Å²) >= 11 is 6.27. The molecular formula is C22H26ClN3O3. The highest BCUT2D eigenvalue weighted by atomic mass is 35.5. The molecule has 2 aromatic carbocycles. The molecule has 2 aliphatic rings. The van der Waals surface area contributed by atoms with Crippen LogP contribution < -0.4 is 14.8 Å². The van der Waals surface area contributed by atoms with E-state index in [0.29, 0.717) is 36.3 Å². The number of fused-ring (bicyclic) bond motifs is 1. The Morgan fingerprint density at radius 3 is 2.66 bits per heavy atom. The van der Waals surface area contributed by atoms with Crippen LogP contribution in [-0.2, 0) is 13.1 Å². The number of hydrogen-bond donors (Lipinski definition) is 1. The Morgan fingerprint density at radius 2 is 1.86 bits per heavy atom. The minimum atomic E-state index is -0.0498. The van der Waals surface area contributed by atoms with E-state index in [1.807, 2.05) is 17.0 Å². The Morgan fingerprint density at radius 1 is 1.07 bits per heavy atom. The third kappa shape index (κ3) is 4.95. The summed E-state index contributed by atoms with van der Waals surface area (Å²) in [6, 6.07) is 12.2. The smallest absolute Gasteiger partial charge is 0.317 e. The largest absolute Gasteiger partial charge is 0.486 e. The van der Waals surface area contributed by atoms with Crippen LogP contribution in [0.2, 0.25) is 5.02 Å². The van der Waals surface area contributed by atoms with Crippen LogP contribution in [0.4, 0.5) is 4.79 Å². The molecule has 1 saturated heterocycles. The molecular weight excluding hydrogens is 390 g/mol. The molecule has 0 saturated carbocycles. The van der Waals surface area contributed by atoms with Gasteiger partial charge in [0.05, 0.1) is 5.02 Å². The Labute approximate surface area is 176 Å². The van der Waals surface area contributed by atoms with E-state index >= 15 is 0 Å². The summed E-state index contributed by atoms with van der Waals surface area (Å²) in [5.74, 6) is 1.22. The molecule has 0 aromatic heterocycles. The van der Waals surface area contributed by atoms with Gasteiger partial charge in [0, 0.05) is 39.3 Å². The van der Waals surface area contributed by atoms with E-state index < -0.39 is 0 Å². The van der Waals surface area contributed by atoms with Gasteiger partial charge in [-0.25, -0.2) is 4.79 Å². The highest BCUT2D eigenvalue weighted by Gasteiger charge is 2.22. The Balaban J connectivity index is 1.26. The van der Waals surface area contributed by atoms with Crippen molar-refractivity contribution in [3.63, 3.8) is 0 Å². The van der Waals surface area contributed by atoms with Gasteiger partial charge in [-0.15, -0.1) is 0 Å². The lowest BCUT2D eigenvalue weighted by Gasteiger charge is -2.34. The molecule has 2 amide bonds. The summed E-state index contributed by atoms with van der Waals surface area (Å²) < 4.78 is 11.1. The summed E-state index contributed by atoms with van der Waals surface area (Å²) in [5.41, 5.74) is 3.49. The number of aryl methyl sites for hydroxylation is 1. The maximum atomic E-state index is 12.6. The SMILES string of the molecule is Cc1cccc(CN2CCN(C(=O)NCc3cc(Cl)c4c(c3)OCCO4)CC2)c1. The normalized spacial score (nSPS) is 16.6. The van der Waals surface area contributed by atoms with E-state index in [2.05, 4.69) is 41.4 Å². The van der Waals surface area contributed by atoms with Crippen molar-refractivity contribution < 1.29 is 14.3 Å². The molecule has 0 bridgehead atoms. The molecule has 154 valence electrons. The molecule has 0 spiro atoms. The van der Waals surface area contributed by atoms with Crippen molar-refractivity contribution >= 4 is 17.6 Å². The summed E-state index contributed by atoms with van der Waals surface area (Å²) in [7, 11) is 0. The van der Waals surface area contributed by atoms with E-state index in [4.69, 9.17) is 21.1 Å². The second-order valence-corrected chi connectivity index (χ2v) is 7.92. The lowest BCUT2D eigenvalue weighted by atomic mass is 10.1. The summed E-state index contributed by atoms with van der Waals surface area (Å²) in [6.07, 6.45) is 0. The van der Waals surface area contributed by atoms with Gasteiger partial charge in [-0.05, 0) is 30.2 Å². The molecule has 2 aromatic rings. The third-order valence-electron chi connectivity index (χ3n) is 5.25. The zero-order chi connectivity index (χ0) is 20.2. The van der Waals surface area contributed by atoms with Crippen LogP contribution in [0.15, 0.2) is 36.4 Å². The number of carbonyl (C=O) groups is 1. The van der Waals surface area contributed by atoms with E-state index in [-0.39, 0.29) is 6.03 Å². The number of urea groups is 1. The van der Waals surface area contributed by atoms with Crippen molar-refractivity contribution in [2.75, 3.05) is 39.4 Å². The van der Waals surface area contributed by atoms with Crippen molar-refractivity contribution in [1.29, 1.82) is 0 Å². The molecule has 0 radical (unpaired) electrons. The van der Waals surface area contributed by atoms with Crippen molar-refractivity contribution in [2.45, 2.75) is 20.0 Å². The fourth-order valence-corrected chi connectivity index (χ4v) is 4.02. The Kier molecular flexibility index (Phi) is 6.11. The van der Waals surface area contributed by atoms with Gasteiger partial charge in [-0.1, -0.05) is 41.4 Å². The quantitative estimate of drug-likeness (QED) is 0.831. The second kappa shape index (κ2) is 8.93.